The molecule has 0 aromatic carbocycles. The Labute approximate surface area is 122 Å². The Morgan fingerprint density at radius 3 is 1.11 bits per heavy atom. The highest BCUT2D eigenvalue weighted by molar-refractivity contribution is 7.69. The molecule has 0 aliphatic carbocycles. The van der Waals surface area contributed by atoms with Crippen LogP contribution in [0.2, 0.25) is 0 Å². The van der Waals surface area contributed by atoms with Gasteiger partial charge in [-0.15, -0.1) is 14.0 Å². The molecule has 0 aromatic rings. The number of hydrogen-bond acceptors (Lipinski definition) is 3. The van der Waals surface area contributed by atoms with Crippen LogP contribution in [0.25, 0.3) is 0 Å². The maximum Gasteiger partial charge on any atom is 0.231 e. The Hall–Kier alpha value is 0.0500. The lowest BCUT2D eigenvalue weighted by Crippen LogP contribution is -2.46. The normalized spacial score (nSPS) is 12.7. The first kappa shape index (κ1) is 19.1. The molecular formula is C15H35N3P+. The Kier molecular flexibility index (Phi) is 9.90. The van der Waals surface area contributed by atoms with Gasteiger partial charge < -0.3 is 0 Å². The third-order valence-electron chi connectivity index (χ3n) is 3.92. The van der Waals surface area contributed by atoms with Crippen molar-refractivity contribution < 1.29 is 0 Å². The molecule has 0 saturated carbocycles. The molecule has 0 amide bonds. The Morgan fingerprint density at radius 1 is 0.684 bits per heavy atom. The van der Waals surface area contributed by atoms with Crippen LogP contribution in [0.5, 0.6) is 0 Å². The van der Waals surface area contributed by atoms with E-state index < -0.39 is 7.71 Å². The van der Waals surface area contributed by atoms with Gasteiger partial charge in [-0.05, 0) is 47.6 Å². The number of hydrogen-bond donors (Lipinski definition) is 0. The van der Waals surface area contributed by atoms with Gasteiger partial charge in [-0.3, -0.25) is 0 Å². The molecule has 114 valence electrons. The van der Waals surface area contributed by atoms with E-state index in [9.17, 15) is 0 Å². The van der Waals surface area contributed by atoms with Crippen LogP contribution in [0, 0.1) is 0 Å². The summed E-state index contributed by atoms with van der Waals surface area (Å²) in [6.07, 6.45) is 3.22. The summed E-state index contributed by atoms with van der Waals surface area (Å²) >= 11 is 0. The van der Waals surface area contributed by atoms with Crippen LogP contribution in [0.3, 0.4) is 0 Å². The molecule has 0 rings (SSSR count). The molecular weight excluding hydrogens is 253 g/mol. The summed E-state index contributed by atoms with van der Waals surface area (Å²) in [5.41, 5.74) is 0. The molecule has 0 aliphatic heterocycles. The highest BCUT2D eigenvalue weighted by Gasteiger charge is 2.52. The van der Waals surface area contributed by atoms with Crippen molar-refractivity contribution in [3.05, 3.63) is 12.7 Å². The van der Waals surface area contributed by atoms with Crippen LogP contribution in [-0.2, 0) is 0 Å². The van der Waals surface area contributed by atoms with E-state index in [4.69, 9.17) is 0 Å². The van der Waals surface area contributed by atoms with Crippen LogP contribution in [-0.4, -0.2) is 59.4 Å². The molecule has 19 heavy (non-hydrogen) atoms. The van der Waals surface area contributed by atoms with Gasteiger partial charge in [0.2, 0.25) is 7.71 Å². The third-order valence-corrected chi connectivity index (χ3v) is 9.09. The van der Waals surface area contributed by atoms with E-state index in [0.717, 1.165) is 45.4 Å². The molecule has 0 bridgehead atoms. The molecule has 0 aliphatic rings. The van der Waals surface area contributed by atoms with E-state index in [0.29, 0.717) is 0 Å². The SMILES string of the molecule is C=CC[P+](N(CC)CC)(N(CC)CC)N(CC)CC. The summed E-state index contributed by atoms with van der Waals surface area (Å²) in [6.45, 7) is 24.5. The van der Waals surface area contributed by atoms with Gasteiger partial charge in [0.05, 0.1) is 0 Å². The van der Waals surface area contributed by atoms with Crippen molar-refractivity contribution in [1.29, 1.82) is 0 Å². The largest absolute Gasteiger partial charge is 0.231 e. The second-order valence-electron chi connectivity index (χ2n) is 4.58. The maximum atomic E-state index is 4.05. The van der Waals surface area contributed by atoms with Crippen LogP contribution in [0.1, 0.15) is 41.5 Å². The summed E-state index contributed by atoms with van der Waals surface area (Å²) < 4.78 is 8.07. The van der Waals surface area contributed by atoms with Gasteiger partial charge in [-0.1, -0.05) is 6.58 Å². The monoisotopic (exact) mass is 288 g/mol. The fourth-order valence-electron chi connectivity index (χ4n) is 3.09. The minimum atomic E-state index is -1.44. The zero-order valence-electron chi connectivity index (χ0n) is 14.0. The standard InChI is InChI=1S/C15H35N3P/c1-8-15-19(16(9-2)10-3,17(11-4)12-5)18(13-6)14-7/h8H,1,9-15H2,2-7H3/q+1. The van der Waals surface area contributed by atoms with E-state index >= 15 is 0 Å². The van der Waals surface area contributed by atoms with Crippen molar-refractivity contribution in [3.8, 4) is 0 Å². The van der Waals surface area contributed by atoms with E-state index in [1.165, 1.54) is 0 Å². The van der Waals surface area contributed by atoms with Gasteiger partial charge in [0.25, 0.3) is 0 Å². The molecule has 3 nitrogen and oxygen atoms in total. The third kappa shape index (κ3) is 4.01. The van der Waals surface area contributed by atoms with Crippen LogP contribution >= 0.6 is 7.71 Å². The smallest absolute Gasteiger partial charge is 0.149 e. The van der Waals surface area contributed by atoms with Crippen molar-refractivity contribution in [2.75, 3.05) is 45.4 Å². The molecule has 0 saturated heterocycles. The van der Waals surface area contributed by atoms with Crippen molar-refractivity contribution in [1.82, 2.24) is 14.0 Å². The number of rotatable bonds is 11. The molecule has 4 heteroatoms. The van der Waals surface area contributed by atoms with Crippen molar-refractivity contribution in [3.63, 3.8) is 0 Å². The van der Waals surface area contributed by atoms with Crippen LogP contribution in [0.15, 0.2) is 12.7 Å². The molecule has 0 N–H and O–H groups in total. The first-order valence-corrected chi connectivity index (χ1v) is 9.71. The van der Waals surface area contributed by atoms with Crippen LogP contribution in [0.4, 0.5) is 0 Å². The van der Waals surface area contributed by atoms with E-state index in [1.54, 1.807) is 0 Å². The fraction of sp³-hybridized carbons (Fsp3) is 0.867. The molecule has 0 radical (unpaired) electrons. The highest BCUT2D eigenvalue weighted by Crippen LogP contribution is 2.67. The zero-order valence-corrected chi connectivity index (χ0v) is 14.9. The lowest BCUT2D eigenvalue weighted by Gasteiger charge is -2.46. The highest BCUT2D eigenvalue weighted by atomic mass is 31.2. The van der Waals surface area contributed by atoms with Crippen molar-refractivity contribution >= 4 is 7.71 Å². The Balaban J connectivity index is 5.74. The van der Waals surface area contributed by atoms with E-state index in [-0.39, 0.29) is 0 Å². The second-order valence-corrected chi connectivity index (χ2v) is 8.03. The van der Waals surface area contributed by atoms with E-state index in [2.05, 4.69) is 68.2 Å². The Bertz CT molecular complexity index is 202. The first-order valence-electron chi connectivity index (χ1n) is 7.87. The summed E-state index contributed by atoms with van der Waals surface area (Å²) in [6, 6.07) is 0. The van der Waals surface area contributed by atoms with Crippen molar-refractivity contribution in [2.45, 2.75) is 41.5 Å². The second kappa shape index (κ2) is 9.88. The quantitative estimate of drug-likeness (QED) is 0.421. The maximum absolute atomic E-state index is 4.05. The van der Waals surface area contributed by atoms with Crippen LogP contribution < -0.4 is 0 Å². The number of nitrogens with zero attached hydrogens (tertiary/aromatic N) is 3. The Morgan fingerprint density at radius 2 is 0.947 bits per heavy atom. The molecule has 0 heterocycles. The minimum absolute atomic E-state index is 1.10. The fourth-order valence-corrected chi connectivity index (χ4v) is 7.92. The van der Waals surface area contributed by atoms with Gasteiger partial charge in [-0.25, -0.2) is 0 Å². The van der Waals surface area contributed by atoms with Gasteiger partial charge >= 0.3 is 0 Å². The van der Waals surface area contributed by atoms with Gasteiger partial charge in [-0.2, -0.15) is 0 Å². The summed E-state index contributed by atoms with van der Waals surface area (Å²) in [4.78, 5) is 0. The molecule has 0 aromatic heterocycles. The van der Waals surface area contributed by atoms with Gasteiger partial charge in [0.1, 0.15) is 6.16 Å². The topological polar surface area (TPSA) is 9.72 Å². The average Bonchev–Trinajstić information content (AvgIpc) is 2.42. The molecule has 0 fully saturated rings. The number of allylic oxidation sites excluding steroid dienone is 1. The predicted octanol–water partition coefficient (Wildman–Crippen LogP) is 3.96. The van der Waals surface area contributed by atoms with Gasteiger partial charge in [0, 0.05) is 39.3 Å². The summed E-state index contributed by atoms with van der Waals surface area (Å²) in [7, 11) is -1.44. The average molecular weight is 288 g/mol. The minimum Gasteiger partial charge on any atom is -0.149 e. The first-order chi connectivity index (χ1) is 9.12. The van der Waals surface area contributed by atoms with Gasteiger partial charge in [0.15, 0.2) is 0 Å². The lowest BCUT2D eigenvalue weighted by molar-refractivity contribution is 0.331. The predicted molar refractivity (Wildman–Crippen MR) is 90.7 cm³/mol. The van der Waals surface area contributed by atoms with Crippen molar-refractivity contribution in [2.24, 2.45) is 0 Å². The molecule has 0 unspecified atom stereocenters. The lowest BCUT2D eigenvalue weighted by atomic mass is 10.6. The molecule has 0 atom stereocenters. The zero-order chi connectivity index (χ0) is 14.9. The van der Waals surface area contributed by atoms with E-state index in [1.807, 2.05) is 0 Å². The molecule has 0 spiro atoms. The summed E-state index contributed by atoms with van der Waals surface area (Å²) in [5.74, 6) is 0. The summed E-state index contributed by atoms with van der Waals surface area (Å²) in [5, 5.41) is 0.